The molecule has 1 fully saturated rings. The van der Waals surface area contributed by atoms with Gasteiger partial charge in [0.15, 0.2) is 5.82 Å². The second-order valence-corrected chi connectivity index (χ2v) is 6.44. The van der Waals surface area contributed by atoms with Crippen LogP contribution < -0.4 is 0 Å². The van der Waals surface area contributed by atoms with E-state index in [2.05, 4.69) is 46.6 Å². The van der Waals surface area contributed by atoms with Gasteiger partial charge in [-0.15, -0.1) is 10.2 Å². The Hall–Kier alpha value is -2.55. The van der Waals surface area contributed by atoms with E-state index >= 15 is 0 Å². The highest BCUT2D eigenvalue weighted by molar-refractivity contribution is 5.05. The summed E-state index contributed by atoms with van der Waals surface area (Å²) in [5.74, 6) is 2.52. The van der Waals surface area contributed by atoms with Gasteiger partial charge in [0.1, 0.15) is 25.0 Å². The van der Waals surface area contributed by atoms with Crippen LogP contribution in [0.25, 0.3) is 0 Å². The van der Waals surface area contributed by atoms with Crippen LogP contribution in [-0.2, 0) is 19.6 Å². The number of likely N-dealkylation sites (tertiary alicyclic amines) is 1. The molecule has 9 nitrogen and oxygen atoms in total. The maximum atomic E-state index is 4.51. The van der Waals surface area contributed by atoms with Gasteiger partial charge in [-0.05, 0) is 32.9 Å². The third-order valence-electron chi connectivity index (χ3n) is 4.84. The van der Waals surface area contributed by atoms with Gasteiger partial charge in [0.05, 0.1) is 6.33 Å². The number of aromatic amines is 1. The molecule has 4 rings (SSSR count). The Kier molecular flexibility index (Phi) is 4.55. The number of H-pyrrole nitrogens is 1. The van der Waals surface area contributed by atoms with Crippen molar-refractivity contribution in [2.75, 3.05) is 13.1 Å². The molecule has 0 radical (unpaired) electrons. The Bertz CT molecular complexity index is 767. The summed E-state index contributed by atoms with van der Waals surface area (Å²) in [6.07, 6.45) is 9.11. The first kappa shape index (κ1) is 15.9. The lowest BCUT2D eigenvalue weighted by Crippen LogP contribution is -2.33. The first-order valence-corrected chi connectivity index (χ1v) is 8.77. The van der Waals surface area contributed by atoms with Gasteiger partial charge in [-0.3, -0.25) is 4.90 Å². The lowest BCUT2D eigenvalue weighted by atomic mass is 9.95. The van der Waals surface area contributed by atoms with Crippen LogP contribution in [0.5, 0.6) is 0 Å². The molecule has 1 saturated heterocycles. The minimum Gasteiger partial charge on any atom is -0.347 e. The molecule has 0 atom stereocenters. The molecule has 0 unspecified atom stereocenters. The number of aromatic nitrogens is 8. The van der Waals surface area contributed by atoms with Crippen molar-refractivity contribution in [3.8, 4) is 0 Å². The van der Waals surface area contributed by atoms with Crippen LogP contribution >= 0.6 is 0 Å². The minimum atomic E-state index is 0.468. The van der Waals surface area contributed by atoms with Crippen molar-refractivity contribution in [3.63, 3.8) is 0 Å². The molecular weight excluding hydrogens is 318 g/mol. The van der Waals surface area contributed by atoms with Crippen molar-refractivity contribution in [1.82, 2.24) is 44.4 Å². The maximum Gasteiger partial charge on any atom is 0.154 e. The summed E-state index contributed by atoms with van der Waals surface area (Å²) in [5, 5.41) is 13.1. The number of nitrogens with zero attached hydrogens (tertiary/aromatic N) is 8. The maximum absolute atomic E-state index is 4.51. The van der Waals surface area contributed by atoms with Crippen LogP contribution in [0.1, 0.15) is 43.0 Å². The quantitative estimate of drug-likeness (QED) is 0.720. The summed E-state index contributed by atoms with van der Waals surface area (Å²) in [6.45, 7) is 6.70. The molecule has 0 amide bonds. The zero-order valence-electron chi connectivity index (χ0n) is 14.4. The molecule has 0 aromatic carbocycles. The fraction of sp³-hybridized carbons (Fsp3) is 0.562. The largest absolute Gasteiger partial charge is 0.347 e. The Morgan fingerprint density at radius 3 is 2.72 bits per heavy atom. The van der Waals surface area contributed by atoms with Crippen LogP contribution in [-0.4, -0.2) is 57.5 Å². The molecule has 0 bridgehead atoms. The Labute approximate surface area is 146 Å². The average Bonchev–Trinajstić information content (AvgIpc) is 3.38. The first-order chi connectivity index (χ1) is 12.3. The highest BCUT2D eigenvalue weighted by atomic mass is 15.4. The number of imidazole rings is 1. The SMILES string of the molecule is CCn1c(Cn2cncn2)nnc1C1CCN(Cc2cnc[nH]2)CC1. The van der Waals surface area contributed by atoms with E-state index in [9.17, 15) is 0 Å². The average molecular weight is 341 g/mol. The molecule has 25 heavy (non-hydrogen) atoms. The molecular formula is C16H23N9. The van der Waals surface area contributed by atoms with Crippen LogP contribution in [0, 0.1) is 0 Å². The van der Waals surface area contributed by atoms with Crippen molar-refractivity contribution in [3.05, 3.63) is 42.5 Å². The third-order valence-corrected chi connectivity index (χ3v) is 4.84. The zero-order valence-corrected chi connectivity index (χ0v) is 14.4. The van der Waals surface area contributed by atoms with E-state index in [0.29, 0.717) is 12.5 Å². The van der Waals surface area contributed by atoms with Crippen molar-refractivity contribution in [1.29, 1.82) is 0 Å². The molecule has 0 spiro atoms. The second kappa shape index (κ2) is 7.14. The number of piperidine rings is 1. The lowest BCUT2D eigenvalue weighted by Gasteiger charge is -2.31. The molecule has 4 heterocycles. The van der Waals surface area contributed by atoms with E-state index in [-0.39, 0.29) is 0 Å². The molecule has 1 aliphatic heterocycles. The van der Waals surface area contributed by atoms with E-state index in [1.54, 1.807) is 23.7 Å². The molecule has 9 heteroatoms. The van der Waals surface area contributed by atoms with Crippen LogP contribution in [0.15, 0.2) is 25.2 Å². The van der Waals surface area contributed by atoms with E-state index in [0.717, 1.165) is 50.7 Å². The molecule has 0 saturated carbocycles. The van der Waals surface area contributed by atoms with E-state index in [4.69, 9.17) is 0 Å². The standard InChI is InChI=1S/C16H23N9/c1-2-25-15(9-24-12-18-11-20-24)21-22-16(25)13-3-5-23(6-4-13)8-14-7-17-10-19-14/h7,10-13H,2-6,8-9H2,1H3,(H,17,19). The van der Waals surface area contributed by atoms with Gasteiger partial charge < -0.3 is 9.55 Å². The summed E-state index contributed by atoms with van der Waals surface area (Å²) in [4.78, 5) is 13.7. The van der Waals surface area contributed by atoms with E-state index in [1.807, 2.05) is 6.20 Å². The second-order valence-electron chi connectivity index (χ2n) is 6.44. The van der Waals surface area contributed by atoms with E-state index < -0.39 is 0 Å². The molecule has 132 valence electrons. The molecule has 3 aromatic heterocycles. The summed E-state index contributed by atoms with van der Waals surface area (Å²) in [6, 6.07) is 0. The Balaban J connectivity index is 1.41. The predicted molar refractivity (Wildman–Crippen MR) is 90.7 cm³/mol. The van der Waals surface area contributed by atoms with Gasteiger partial charge in [-0.1, -0.05) is 0 Å². The predicted octanol–water partition coefficient (Wildman–Crippen LogP) is 1.04. The fourth-order valence-corrected chi connectivity index (χ4v) is 3.53. The number of hydrogen-bond donors (Lipinski definition) is 1. The Morgan fingerprint density at radius 1 is 1.16 bits per heavy atom. The van der Waals surface area contributed by atoms with Crippen LogP contribution in [0.4, 0.5) is 0 Å². The Morgan fingerprint density at radius 2 is 2.04 bits per heavy atom. The van der Waals surface area contributed by atoms with Gasteiger partial charge in [0.25, 0.3) is 0 Å². The smallest absolute Gasteiger partial charge is 0.154 e. The van der Waals surface area contributed by atoms with Gasteiger partial charge in [-0.2, -0.15) is 5.10 Å². The van der Waals surface area contributed by atoms with Gasteiger partial charge in [0.2, 0.25) is 0 Å². The zero-order chi connectivity index (χ0) is 17.1. The summed E-state index contributed by atoms with van der Waals surface area (Å²) in [5.41, 5.74) is 1.17. The third kappa shape index (κ3) is 3.46. The highest BCUT2D eigenvalue weighted by Crippen LogP contribution is 2.28. The monoisotopic (exact) mass is 341 g/mol. The van der Waals surface area contributed by atoms with Crippen molar-refractivity contribution in [2.45, 2.75) is 45.3 Å². The van der Waals surface area contributed by atoms with Crippen LogP contribution in [0.3, 0.4) is 0 Å². The van der Waals surface area contributed by atoms with Crippen molar-refractivity contribution in [2.24, 2.45) is 0 Å². The molecule has 0 aliphatic carbocycles. The first-order valence-electron chi connectivity index (χ1n) is 8.77. The number of nitrogens with one attached hydrogen (secondary N) is 1. The molecule has 1 N–H and O–H groups in total. The topological polar surface area (TPSA) is 93.3 Å². The minimum absolute atomic E-state index is 0.468. The summed E-state index contributed by atoms with van der Waals surface area (Å²) in [7, 11) is 0. The van der Waals surface area contributed by atoms with Crippen molar-refractivity contribution >= 4 is 0 Å². The molecule has 3 aromatic rings. The lowest BCUT2D eigenvalue weighted by molar-refractivity contribution is 0.198. The van der Waals surface area contributed by atoms with Crippen LogP contribution in [0.2, 0.25) is 0 Å². The summed E-state index contributed by atoms with van der Waals surface area (Å²) >= 11 is 0. The summed E-state index contributed by atoms with van der Waals surface area (Å²) < 4.78 is 4.02. The van der Waals surface area contributed by atoms with Gasteiger partial charge >= 0.3 is 0 Å². The van der Waals surface area contributed by atoms with Gasteiger partial charge in [0, 0.05) is 30.9 Å². The van der Waals surface area contributed by atoms with Crippen molar-refractivity contribution < 1.29 is 0 Å². The fourth-order valence-electron chi connectivity index (χ4n) is 3.53. The highest BCUT2D eigenvalue weighted by Gasteiger charge is 2.26. The number of hydrogen-bond acceptors (Lipinski definition) is 6. The number of rotatable bonds is 6. The molecule has 1 aliphatic rings. The van der Waals surface area contributed by atoms with E-state index in [1.165, 1.54) is 5.69 Å². The normalized spacial score (nSPS) is 16.5. The van der Waals surface area contributed by atoms with Gasteiger partial charge in [-0.25, -0.2) is 14.6 Å².